The Balaban J connectivity index is 2.83. The predicted molar refractivity (Wildman–Crippen MR) is 58.2 cm³/mol. The Morgan fingerprint density at radius 1 is 1.27 bits per heavy atom. The summed E-state index contributed by atoms with van der Waals surface area (Å²) in [5.74, 6) is -0.0524. The number of carbonyl (C=O) groups is 2. The average molecular weight is 212 g/mol. The van der Waals surface area contributed by atoms with Crippen molar-refractivity contribution < 1.29 is 9.59 Å². The standard InChI is InChI=1S/C11H20N2O2/c1-7-10(15)13(6-11(3,4)5)8(2)9(14)12-7/h7-8H,6H2,1-5H3,(H,12,14). The molecule has 1 rings (SSSR count). The lowest BCUT2D eigenvalue weighted by atomic mass is 9.94. The fraction of sp³-hybridized carbons (Fsp3) is 0.818. The van der Waals surface area contributed by atoms with Gasteiger partial charge >= 0.3 is 0 Å². The van der Waals surface area contributed by atoms with E-state index < -0.39 is 6.04 Å². The van der Waals surface area contributed by atoms with Crippen LogP contribution in [0.2, 0.25) is 0 Å². The van der Waals surface area contributed by atoms with Gasteiger partial charge in [-0.25, -0.2) is 0 Å². The zero-order valence-electron chi connectivity index (χ0n) is 10.1. The highest BCUT2D eigenvalue weighted by Crippen LogP contribution is 2.19. The van der Waals surface area contributed by atoms with E-state index in [1.807, 2.05) is 0 Å². The first kappa shape index (κ1) is 12.0. The van der Waals surface area contributed by atoms with Crippen LogP contribution in [0.25, 0.3) is 0 Å². The number of rotatable bonds is 1. The molecule has 0 aromatic heterocycles. The molecule has 2 atom stereocenters. The van der Waals surface area contributed by atoms with Gasteiger partial charge in [0.25, 0.3) is 0 Å². The first-order chi connectivity index (χ1) is 6.72. The molecule has 1 aliphatic heterocycles. The molecule has 1 heterocycles. The van der Waals surface area contributed by atoms with Crippen molar-refractivity contribution >= 4 is 11.8 Å². The molecular weight excluding hydrogens is 192 g/mol. The molecule has 4 nitrogen and oxygen atoms in total. The number of hydrogen-bond acceptors (Lipinski definition) is 2. The van der Waals surface area contributed by atoms with Crippen molar-refractivity contribution in [2.24, 2.45) is 5.41 Å². The predicted octanol–water partition coefficient (Wildman–Crippen LogP) is 0.768. The zero-order chi connectivity index (χ0) is 11.8. The maximum absolute atomic E-state index is 11.9. The summed E-state index contributed by atoms with van der Waals surface area (Å²) in [6, 6.07) is -0.746. The third kappa shape index (κ3) is 2.70. The summed E-state index contributed by atoms with van der Waals surface area (Å²) in [4.78, 5) is 25.1. The van der Waals surface area contributed by atoms with Crippen molar-refractivity contribution in [3.05, 3.63) is 0 Å². The highest BCUT2D eigenvalue weighted by molar-refractivity contribution is 5.96. The summed E-state index contributed by atoms with van der Waals surface area (Å²) < 4.78 is 0. The van der Waals surface area contributed by atoms with Crippen LogP contribution >= 0.6 is 0 Å². The van der Waals surface area contributed by atoms with Gasteiger partial charge in [0.1, 0.15) is 12.1 Å². The lowest BCUT2D eigenvalue weighted by Gasteiger charge is -2.39. The van der Waals surface area contributed by atoms with Crippen molar-refractivity contribution in [1.29, 1.82) is 0 Å². The third-order valence-electron chi connectivity index (χ3n) is 2.50. The lowest BCUT2D eigenvalue weighted by Crippen LogP contribution is -2.62. The van der Waals surface area contributed by atoms with E-state index >= 15 is 0 Å². The Morgan fingerprint density at radius 2 is 1.80 bits per heavy atom. The van der Waals surface area contributed by atoms with E-state index in [4.69, 9.17) is 0 Å². The molecule has 0 aromatic carbocycles. The molecule has 2 unspecified atom stereocenters. The van der Waals surface area contributed by atoms with E-state index in [-0.39, 0.29) is 23.3 Å². The summed E-state index contributed by atoms with van der Waals surface area (Å²) in [6.07, 6.45) is 0. The molecule has 86 valence electrons. The molecule has 0 aliphatic carbocycles. The fourth-order valence-corrected chi connectivity index (χ4v) is 1.70. The highest BCUT2D eigenvalue weighted by atomic mass is 16.2. The molecule has 0 spiro atoms. The molecule has 2 amide bonds. The molecular formula is C11H20N2O2. The number of amides is 2. The minimum Gasteiger partial charge on any atom is -0.343 e. The molecule has 4 heteroatoms. The van der Waals surface area contributed by atoms with Gasteiger partial charge in [0, 0.05) is 6.54 Å². The normalized spacial score (nSPS) is 27.9. The number of hydrogen-bond donors (Lipinski definition) is 1. The van der Waals surface area contributed by atoms with Gasteiger partial charge in [-0.15, -0.1) is 0 Å². The van der Waals surface area contributed by atoms with Gasteiger partial charge in [0.2, 0.25) is 11.8 Å². The largest absolute Gasteiger partial charge is 0.343 e. The Labute approximate surface area is 91.0 Å². The van der Waals surface area contributed by atoms with Crippen molar-refractivity contribution in [2.75, 3.05) is 6.54 Å². The number of nitrogens with one attached hydrogen (secondary N) is 1. The SMILES string of the molecule is CC1NC(=O)C(C)N(CC(C)(C)C)C1=O. The van der Waals surface area contributed by atoms with Gasteiger partial charge in [-0.05, 0) is 19.3 Å². The average Bonchev–Trinajstić information content (AvgIpc) is 2.08. The van der Waals surface area contributed by atoms with Crippen LogP contribution in [0.4, 0.5) is 0 Å². The van der Waals surface area contributed by atoms with Crippen LogP contribution in [0.5, 0.6) is 0 Å². The summed E-state index contributed by atoms with van der Waals surface area (Å²) in [5, 5.41) is 2.66. The number of nitrogens with zero attached hydrogens (tertiary/aromatic N) is 1. The van der Waals surface area contributed by atoms with Gasteiger partial charge in [-0.1, -0.05) is 20.8 Å². The molecule has 15 heavy (non-hydrogen) atoms. The second-order valence-electron chi connectivity index (χ2n) is 5.43. The van der Waals surface area contributed by atoms with E-state index in [9.17, 15) is 9.59 Å². The second-order valence-corrected chi connectivity index (χ2v) is 5.43. The fourth-order valence-electron chi connectivity index (χ4n) is 1.70. The second kappa shape index (κ2) is 3.83. The molecule has 1 aliphatic rings. The number of carbonyl (C=O) groups excluding carboxylic acids is 2. The molecule has 0 saturated carbocycles. The van der Waals surface area contributed by atoms with Crippen molar-refractivity contribution in [3.8, 4) is 0 Å². The van der Waals surface area contributed by atoms with Crippen LogP contribution in [-0.4, -0.2) is 35.3 Å². The Morgan fingerprint density at radius 3 is 2.27 bits per heavy atom. The summed E-state index contributed by atoms with van der Waals surface area (Å²) in [5.41, 5.74) is 0.0151. The topological polar surface area (TPSA) is 49.4 Å². The first-order valence-corrected chi connectivity index (χ1v) is 5.33. The van der Waals surface area contributed by atoms with Crippen LogP contribution in [0, 0.1) is 5.41 Å². The molecule has 0 radical (unpaired) electrons. The maximum Gasteiger partial charge on any atom is 0.245 e. The van der Waals surface area contributed by atoms with Crippen LogP contribution < -0.4 is 5.32 Å². The smallest absolute Gasteiger partial charge is 0.245 e. The van der Waals surface area contributed by atoms with Gasteiger partial charge in [0.05, 0.1) is 0 Å². The Hall–Kier alpha value is -1.06. The van der Waals surface area contributed by atoms with Gasteiger partial charge in [-0.3, -0.25) is 9.59 Å². The number of piperazine rings is 1. The highest BCUT2D eigenvalue weighted by Gasteiger charge is 2.37. The van der Waals surface area contributed by atoms with Gasteiger partial charge in [0.15, 0.2) is 0 Å². The zero-order valence-corrected chi connectivity index (χ0v) is 10.1. The minimum absolute atomic E-state index is 0.0111. The van der Waals surface area contributed by atoms with Crippen molar-refractivity contribution in [2.45, 2.75) is 46.7 Å². The van der Waals surface area contributed by atoms with Crippen LogP contribution in [-0.2, 0) is 9.59 Å². The van der Waals surface area contributed by atoms with Crippen LogP contribution in [0.3, 0.4) is 0 Å². The quantitative estimate of drug-likeness (QED) is 0.698. The lowest BCUT2D eigenvalue weighted by molar-refractivity contribution is -0.149. The molecule has 0 bridgehead atoms. The summed E-state index contributed by atoms with van der Waals surface area (Å²) in [7, 11) is 0. The van der Waals surface area contributed by atoms with E-state index in [0.717, 1.165) is 0 Å². The Bertz CT molecular complexity index is 281. The molecule has 1 N–H and O–H groups in total. The summed E-state index contributed by atoms with van der Waals surface area (Å²) in [6.45, 7) is 10.3. The van der Waals surface area contributed by atoms with E-state index in [2.05, 4.69) is 26.1 Å². The minimum atomic E-state index is -0.393. The third-order valence-corrected chi connectivity index (χ3v) is 2.50. The van der Waals surface area contributed by atoms with Crippen molar-refractivity contribution in [1.82, 2.24) is 10.2 Å². The van der Waals surface area contributed by atoms with Gasteiger partial charge < -0.3 is 10.2 Å². The van der Waals surface area contributed by atoms with Crippen LogP contribution in [0.1, 0.15) is 34.6 Å². The van der Waals surface area contributed by atoms with Crippen molar-refractivity contribution in [3.63, 3.8) is 0 Å². The molecule has 1 saturated heterocycles. The molecule has 0 aromatic rings. The Kier molecular flexibility index (Phi) is 3.07. The monoisotopic (exact) mass is 212 g/mol. The maximum atomic E-state index is 11.9. The molecule has 1 fully saturated rings. The van der Waals surface area contributed by atoms with E-state index in [1.54, 1.807) is 18.7 Å². The van der Waals surface area contributed by atoms with E-state index in [0.29, 0.717) is 6.54 Å². The van der Waals surface area contributed by atoms with Gasteiger partial charge in [-0.2, -0.15) is 0 Å². The first-order valence-electron chi connectivity index (χ1n) is 5.33. The van der Waals surface area contributed by atoms with Crippen LogP contribution in [0.15, 0.2) is 0 Å². The van der Waals surface area contributed by atoms with E-state index in [1.165, 1.54) is 0 Å². The summed E-state index contributed by atoms with van der Waals surface area (Å²) >= 11 is 0.